The number of amides is 1. The monoisotopic (exact) mass is 249 g/mol. The molecule has 0 bridgehead atoms. The van der Waals surface area contributed by atoms with Gasteiger partial charge in [-0.2, -0.15) is 0 Å². The van der Waals surface area contributed by atoms with Crippen LogP contribution in [-0.4, -0.2) is 23.0 Å². The van der Waals surface area contributed by atoms with Crippen LogP contribution in [0, 0.1) is 0 Å². The molecule has 0 saturated carbocycles. The minimum atomic E-state index is -0.881. The van der Waals surface area contributed by atoms with Crippen LogP contribution in [0.3, 0.4) is 0 Å². The average molecular weight is 249 g/mol. The Balaban J connectivity index is 2.81. The molecule has 0 spiro atoms. The summed E-state index contributed by atoms with van der Waals surface area (Å²) >= 11 is 0. The molecule has 1 rings (SSSR count). The first-order chi connectivity index (χ1) is 8.50. The van der Waals surface area contributed by atoms with Crippen molar-refractivity contribution in [2.45, 2.75) is 38.6 Å². The second-order valence-corrected chi connectivity index (χ2v) is 4.56. The van der Waals surface area contributed by atoms with E-state index in [1.165, 1.54) is 0 Å². The van der Waals surface area contributed by atoms with Crippen molar-refractivity contribution in [3.8, 4) is 0 Å². The highest BCUT2D eigenvalue weighted by Crippen LogP contribution is 2.21. The second kappa shape index (κ2) is 6.79. The van der Waals surface area contributed by atoms with Gasteiger partial charge in [-0.1, -0.05) is 30.3 Å². The first-order valence-corrected chi connectivity index (χ1v) is 6.08. The molecule has 2 N–H and O–H groups in total. The fraction of sp³-hybridized carbons (Fsp3) is 0.429. The number of carboxylic acid groups (broad SMARTS) is 1. The number of benzene rings is 1. The highest BCUT2D eigenvalue weighted by molar-refractivity contribution is 5.84. The molecule has 1 aromatic carbocycles. The maximum absolute atomic E-state index is 12.1. The molecule has 18 heavy (non-hydrogen) atoms. The van der Waals surface area contributed by atoms with E-state index in [2.05, 4.69) is 5.32 Å². The third kappa shape index (κ3) is 4.57. The molecule has 0 aliphatic carbocycles. The maximum atomic E-state index is 12.1. The first kappa shape index (κ1) is 14.2. The predicted octanol–water partition coefficient (Wildman–Crippen LogP) is 2.16. The van der Waals surface area contributed by atoms with Crippen LogP contribution in [-0.2, 0) is 9.59 Å². The fourth-order valence-corrected chi connectivity index (χ4v) is 1.79. The topological polar surface area (TPSA) is 66.4 Å². The standard InChI is InChI=1S/C14H19NO3/c1-10(2)15-14(18)12(8-9-13(16)17)11-6-4-3-5-7-11/h3-7,10,12H,8-9H2,1-2H3,(H,15,18)(H,16,17). The number of hydrogen-bond acceptors (Lipinski definition) is 2. The van der Waals surface area contributed by atoms with E-state index >= 15 is 0 Å². The molecule has 1 unspecified atom stereocenters. The van der Waals surface area contributed by atoms with Crippen molar-refractivity contribution in [2.75, 3.05) is 0 Å². The average Bonchev–Trinajstić information content (AvgIpc) is 2.29. The Morgan fingerprint density at radius 2 is 1.83 bits per heavy atom. The van der Waals surface area contributed by atoms with E-state index in [4.69, 9.17) is 5.11 Å². The SMILES string of the molecule is CC(C)NC(=O)C(CCC(=O)O)c1ccccc1. The minimum absolute atomic E-state index is 0.00885. The summed E-state index contributed by atoms with van der Waals surface area (Å²) in [6.07, 6.45) is 0.309. The zero-order valence-corrected chi connectivity index (χ0v) is 10.7. The van der Waals surface area contributed by atoms with Gasteiger partial charge < -0.3 is 10.4 Å². The molecule has 0 saturated heterocycles. The van der Waals surface area contributed by atoms with Crippen LogP contribution in [0.4, 0.5) is 0 Å². The molecule has 1 amide bonds. The molecule has 0 heterocycles. The van der Waals surface area contributed by atoms with Gasteiger partial charge >= 0.3 is 5.97 Å². The van der Waals surface area contributed by atoms with Crippen LogP contribution in [0.1, 0.15) is 38.2 Å². The van der Waals surface area contributed by atoms with Gasteiger partial charge in [0.15, 0.2) is 0 Å². The van der Waals surface area contributed by atoms with Crippen LogP contribution < -0.4 is 5.32 Å². The summed E-state index contributed by atoms with van der Waals surface area (Å²) in [6, 6.07) is 9.34. The summed E-state index contributed by atoms with van der Waals surface area (Å²) in [5.74, 6) is -1.39. The maximum Gasteiger partial charge on any atom is 0.303 e. The van der Waals surface area contributed by atoms with Gasteiger partial charge in [-0.3, -0.25) is 9.59 Å². The van der Waals surface area contributed by atoms with Crippen molar-refractivity contribution < 1.29 is 14.7 Å². The summed E-state index contributed by atoms with van der Waals surface area (Å²) in [4.78, 5) is 22.7. The van der Waals surface area contributed by atoms with Crippen LogP contribution in [0.2, 0.25) is 0 Å². The Morgan fingerprint density at radius 1 is 1.22 bits per heavy atom. The third-order valence-corrected chi connectivity index (χ3v) is 2.60. The summed E-state index contributed by atoms with van der Waals surface area (Å²) in [5.41, 5.74) is 0.858. The van der Waals surface area contributed by atoms with Gasteiger partial charge in [0.1, 0.15) is 0 Å². The van der Waals surface area contributed by atoms with Gasteiger partial charge in [0.25, 0.3) is 0 Å². The Kier molecular flexibility index (Phi) is 5.36. The van der Waals surface area contributed by atoms with E-state index in [-0.39, 0.29) is 18.4 Å². The van der Waals surface area contributed by atoms with Crippen LogP contribution >= 0.6 is 0 Å². The number of hydrogen-bond donors (Lipinski definition) is 2. The van der Waals surface area contributed by atoms with E-state index in [1.807, 2.05) is 44.2 Å². The molecular formula is C14H19NO3. The van der Waals surface area contributed by atoms with Crippen molar-refractivity contribution >= 4 is 11.9 Å². The van der Waals surface area contributed by atoms with Gasteiger partial charge in [-0.15, -0.1) is 0 Å². The first-order valence-electron chi connectivity index (χ1n) is 6.08. The van der Waals surface area contributed by atoms with Gasteiger partial charge in [-0.25, -0.2) is 0 Å². The van der Waals surface area contributed by atoms with Gasteiger partial charge in [0.05, 0.1) is 5.92 Å². The molecule has 0 fully saturated rings. The zero-order valence-electron chi connectivity index (χ0n) is 10.7. The van der Waals surface area contributed by atoms with Gasteiger partial charge in [0, 0.05) is 12.5 Å². The highest BCUT2D eigenvalue weighted by atomic mass is 16.4. The van der Waals surface area contributed by atoms with Crippen LogP contribution in [0.15, 0.2) is 30.3 Å². The van der Waals surface area contributed by atoms with E-state index in [9.17, 15) is 9.59 Å². The number of carboxylic acids is 1. The lowest BCUT2D eigenvalue weighted by atomic mass is 9.93. The van der Waals surface area contributed by atoms with E-state index in [1.54, 1.807) is 0 Å². The van der Waals surface area contributed by atoms with E-state index < -0.39 is 11.9 Å². The number of aliphatic carboxylic acids is 1. The van der Waals surface area contributed by atoms with Crippen LogP contribution in [0.5, 0.6) is 0 Å². The molecule has 0 aromatic heterocycles. The number of nitrogens with one attached hydrogen (secondary N) is 1. The van der Waals surface area contributed by atoms with Crippen molar-refractivity contribution in [2.24, 2.45) is 0 Å². The largest absolute Gasteiger partial charge is 0.481 e. The molecule has 4 heteroatoms. The van der Waals surface area contributed by atoms with Crippen molar-refractivity contribution in [1.29, 1.82) is 0 Å². The minimum Gasteiger partial charge on any atom is -0.481 e. The highest BCUT2D eigenvalue weighted by Gasteiger charge is 2.21. The molecule has 98 valence electrons. The Bertz CT molecular complexity index is 401. The lowest BCUT2D eigenvalue weighted by Gasteiger charge is -2.18. The summed E-state index contributed by atoms with van der Waals surface area (Å²) in [7, 11) is 0. The van der Waals surface area contributed by atoms with Crippen molar-refractivity contribution in [3.63, 3.8) is 0 Å². The molecule has 0 aliphatic rings. The summed E-state index contributed by atoms with van der Waals surface area (Å²) < 4.78 is 0. The Labute approximate surface area is 107 Å². The third-order valence-electron chi connectivity index (χ3n) is 2.60. The smallest absolute Gasteiger partial charge is 0.303 e. The summed E-state index contributed by atoms with van der Waals surface area (Å²) in [5, 5.41) is 11.6. The number of carbonyl (C=O) groups excluding carboxylic acids is 1. The molecule has 0 aliphatic heterocycles. The fourth-order valence-electron chi connectivity index (χ4n) is 1.79. The van der Waals surface area contributed by atoms with E-state index in [0.29, 0.717) is 6.42 Å². The van der Waals surface area contributed by atoms with Gasteiger partial charge in [0.2, 0.25) is 5.91 Å². The number of rotatable bonds is 6. The molecule has 4 nitrogen and oxygen atoms in total. The molecule has 0 radical (unpaired) electrons. The lowest BCUT2D eigenvalue weighted by molar-refractivity contribution is -0.137. The van der Waals surface area contributed by atoms with Crippen molar-refractivity contribution in [1.82, 2.24) is 5.32 Å². The predicted molar refractivity (Wildman–Crippen MR) is 69.3 cm³/mol. The molecule has 1 atom stereocenters. The Morgan fingerprint density at radius 3 is 2.33 bits per heavy atom. The zero-order chi connectivity index (χ0) is 13.5. The normalized spacial score (nSPS) is 12.2. The molecule has 1 aromatic rings. The summed E-state index contributed by atoms with van der Waals surface area (Å²) in [6.45, 7) is 3.77. The van der Waals surface area contributed by atoms with Crippen LogP contribution in [0.25, 0.3) is 0 Å². The van der Waals surface area contributed by atoms with Crippen molar-refractivity contribution in [3.05, 3.63) is 35.9 Å². The van der Waals surface area contributed by atoms with E-state index in [0.717, 1.165) is 5.56 Å². The molecular weight excluding hydrogens is 230 g/mol. The van der Waals surface area contributed by atoms with Gasteiger partial charge in [-0.05, 0) is 25.8 Å². The quantitative estimate of drug-likeness (QED) is 0.812. The second-order valence-electron chi connectivity index (χ2n) is 4.56. The number of carbonyl (C=O) groups is 2. The lowest BCUT2D eigenvalue weighted by Crippen LogP contribution is -2.34. The Hall–Kier alpha value is -1.84.